The second kappa shape index (κ2) is 7.02. The van der Waals surface area contributed by atoms with Gasteiger partial charge in [-0.05, 0) is 51.6 Å². The number of aromatic nitrogens is 2. The van der Waals surface area contributed by atoms with E-state index in [9.17, 15) is 8.42 Å². The van der Waals surface area contributed by atoms with Crippen molar-refractivity contribution in [3.05, 3.63) is 11.8 Å². The molecule has 4 aliphatic heterocycles. The molecular weight excluding hydrogens is 392 g/mol. The molecule has 1 aromatic rings. The summed E-state index contributed by atoms with van der Waals surface area (Å²) in [5, 5.41) is 4.47. The van der Waals surface area contributed by atoms with E-state index in [-0.39, 0.29) is 10.6 Å². The molecule has 0 amide bonds. The first kappa shape index (κ1) is 19.9. The second-order valence-corrected chi connectivity index (χ2v) is 11.4. The summed E-state index contributed by atoms with van der Waals surface area (Å²) < 4.78 is 41.2. The van der Waals surface area contributed by atoms with Crippen LogP contribution in [0, 0.1) is 12.3 Å². The van der Waals surface area contributed by atoms with Crippen LogP contribution in [-0.2, 0) is 26.5 Å². The molecule has 0 bridgehead atoms. The summed E-state index contributed by atoms with van der Waals surface area (Å²) in [5.41, 5.74) is 0.924. The predicted molar refractivity (Wildman–Crippen MR) is 107 cm³/mol. The molecule has 1 aromatic heterocycles. The zero-order chi connectivity index (χ0) is 20.3. The van der Waals surface area contributed by atoms with E-state index in [0.717, 1.165) is 57.9 Å². The standard InChI is InChI=1S/C20H32N4O4S/c1-16-11-18(22(2)21-16)29(25,26)24-8-4-20(5-9-24)12-17(13-28-20)23-7-3-19(14-23)6-10-27-15-19/h11,17H,3-10,12-15H2,1-2H3/t17-,19-/m1/s1. The van der Waals surface area contributed by atoms with E-state index in [4.69, 9.17) is 9.47 Å². The molecule has 0 unspecified atom stereocenters. The topological polar surface area (TPSA) is 76.9 Å². The number of ether oxygens (including phenoxy) is 2. The minimum absolute atomic E-state index is 0.166. The highest BCUT2D eigenvalue weighted by atomic mass is 32.2. The minimum atomic E-state index is -3.51. The van der Waals surface area contributed by atoms with Crippen LogP contribution in [0.1, 0.15) is 37.8 Å². The van der Waals surface area contributed by atoms with Gasteiger partial charge in [-0.3, -0.25) is 9.58 Å². The van der Waals surface area contributed by atoms with Crippen molar-refractivity contribution in [1.82, 2.24) is 19.0 Å². The van der Waals surface area contributed by atoms with Gasteiger partial charge in [0.1, 0.15) is 0 Å². The molecule has 0 radical (unpaired) electrons. The molecule has 0 saturated carbocycles. The van der Waals surface area contributed by atoms with Crippen LogP contribution in [0.25, 0.3) is 0 Å². The van der Waals surface area contributed by atoms with Gasteiger partial charge in [-0.25, -0.2) is 8.42 Å². The molecule has 5 rings (SSSR count). The zero-order valence-corrected chi connectivity index (χ0v) is 18.3. The van der Waals surface area contributed by atoms with E-state index in [0.29, 0.717) is 24.5 Å². The van der Waals surface area contributed by atoms with Gasteiger partial charge >= 0.3 is 0 Å². The third-order valence-electron chi connectivity index (χ3n) is 7.56. The quantitative estimate of drug-likeness (QED) is 0.725. The molecule has 2 atom stereocenters. The van der Waals surface area contributed by atoms with Gasteiger partial charge in [0, 0.05) is 44.7 Å². The molecule has 0 aromatic carbocycles. The number of hydrogen-bond acceptors (Lipinski definition) is 6. The van der Waals surface area contributed by atoms with Crippen LogP contribution in [0.15, 0.2) is 11.1 Å². The molecule has 162 valence electrons. The first-order valence-electron chi connectivity index (χ1n) is 10.8. The number of sulfonamides is 1. The average molecular weight is 425 g/mol. The third kappa shape index (κ3) is 3.44. The predicted octanol–water partition coefficient (Wildman–Crippen LogP) is 1.15. The summed E-state index contributed by atoms with van der Waals surface area (Å²) >= 11 is 0. The van der Waals surface area contributed by atoms with Gasteiger partial charge in [0.25, 0.3) is 10.0 Å². The Hall–Kier alpha value is -1.00. The SMILES string of the molecule is Cc1cc(S(=O)(=O)N2CCC3(CC2)C[C@@H](N2CC[C@@]4(CCOC4)C2)CO3)n(C)n1. The van der Waals surface area contributed by atoms with Gasteiger partial charge in [0.2, 0.25) is 0 Å². The molecule has 0 N–H and O–H groups in total. The lowest BCUT2D eigenvalue weighted by Gasteiger charge is -2.38. The lowest BCUT2D eigenvalue weighted by atomic mass is 9.86. The molecule has 29 heavy (non-hydrogen) atoms. The number of likely N-dealkylation sites (tertiary alicyclic amines) is 1. The molecule has 2 spiro atoms. The van der Waals surface area contributed by atoms with Crippen LogP contribution in [-0.4, -0.2) is 85.0 Å². The Kier molecular flexibility index (Phi) is 4.82. The number of aryl methyl sites for hydroxylation is 2. The van der Waals surface area contributed by atoms with Gasteiger partial charge in [0.05, 0.1) is 24.5 Å². The van der Waals surface area contributed by atoms with Gasteiger partial charge in [-0.2, -0.15) is 9.40 Å². The number of hydrogen-bond donors (Lipinski definition) is 0. The number of nitrogens with zero attached hydrogens (tertiary/aromatic N) is 4. The largest absolute Gasteiger partial charge is 0.381 e. The summed E-state index contributed by atoms with van der Waals surface area (Å²) in [6, 6.07) is 2.11. The number of piperidine rings is 1. The lowest BCUT2D eigenvalue weighted by molar-refractivity contribution is -0.0317. The fourth-order valence-electron chi connectivity index (χ4n) is 5.75. The van der Waals surface area contributed by atoms with Crippen molar-refractivity contribution in [3.8, 4) is 0 Å². The highest BCUT2D eigenvalue weighted by Crippen LogP contribution is 2.43. The van der Waals surface area contributed by atoms with Gasteiger partial charge < -0.3 is 9.47 Å². The Morgan fingerprint density at radius 1 is 1.17 bits per heavy atom. The van der Waals surface area contributed by atoms with Crippen LogP contribution in [0.3, 0.4) is 0 Å². The number of rotatable bonds is 3. The van der Waals surface area contributed by atoms with E-state index >= 15 is 0 Å². The summed E-state index contributed by atoms with van der Waals surface area (Å²) in [4.78, 5) is 2.60. The summed E-state index contributed by atoms with van der Waals surface area (Å²) in [5.74, 6) is 0. The monoisotopic (exact) mass is 424 g/mol. The van der Waals surface area contributed by atoms with E-state index in [2.05, 4.69) is 10.00 Å². The van der Waals surface area contributed by atoms with Crippen LogP contribution in [0.5, 0.6) is 0 Å². The van der Waals surface area contributed by atoms with Crippen molar-refractivity contribution in [2.24, 2.45) is 12.5 Å². The summed E-state index contributed by atoms with van der Waals surface area (Å²) in [6.07, 6.45) is 4.96. The lowest BCUT2D eigenvalue weighted by Crippen LogP contribution is -2.47. The molecule has 8 nitrogen and oxygen atoms in total. The fraction of sp³-hybridized carbons (Fsp3) is 0.850. The second-order valence-electron chi connectivity index (χ2n) is 9.53. The Labute approximate surface area is 173 Å². The van der Waals surface area contributed by atoms with Crippen molar-refractivity contribution in [2.75, 3.05) is 46.0 Å². The van der Waals surface area contributed by atoms with Crippen LogP contribution >= 0.6 is 0 Å². The maximum atomic E-state index is 13.0. The average Bonchev–Trinajstić information content (AvgIpc) is 3.46. The van der Waals surface area contributed by atoms with Crippen molar-refractivity contribution >= 4 is 10.0 Å². The first-order chi connectivity index (χ1) is 13.8. The minimum Gasteiger partial charge on any atom is -0.381 e. The van der Waals surface area contributed by atoms with Crippen molar-refractivity contribution < 1.29 is 17.9 Å². The summed E-state index contributed by atoms with van der Waals surface area (Å²) in [7, 11) is -1.82. The van der Waals surface area contributed by atoms with E-state index in [1.165, 1.54) is 17.5 Å². The molecule has 4 fully saturated rings. The summed E-state index contributed by atoms with van der Waals surface area (Å²) in [6.45, 7) is 7.67. The Morgan fingerprint density at radius 2 is 1.97 bits per heavy atom. The van der Waals surface area contributed by atoms with Crippen LogP contribution < -0.4 is 0 Å². The fourth-order valence-corrected chi connectivity index (χ4v) is 7.37. The highest BCUT2D eigenvalue weighted by Gasteiger charge is 2.49. The molecule has 4 aliphatic rings. The molecule has 0 aliphatic carbocycles. The Morgan fingerprint density at radius 3 is 2.62 bits per heavy atom. The maximum absolute atomic E-state index is 13.0. The maximum Gasteiger partial charge on any atom is 0.260 e. The van der Waals surface area contributed by atoms with E-state index < -0.39 is 10.0 Å². The normalized spacial score (nSPS) is 33.4. The van der Waals surface area contributed by atoms with Gasteiger partial charge in [0.15, 0.2) is 5.03 Å². The highest BCUT2D eigenvalue weighted by molar-refractivity contribution is 7.89. The molecule has 4 saturated heterocycles. The van der Waals surface area contributed by atoms with Crippen molar-refractivity contribution in [2.45, 2.75) is 55.7 Å². The van der Waals surface area contributed by atoms with Crippen molar-refractivity contribution in [1.29, 1.82) is 0 Å². The van der Waals surface area contributed by atoms with Crippen LogP contribution in [0.2, 0.25) is 0 Å². The van der Waals surface area contributed by atoms with Crippen LogP contribution in [0.4, 0.5) is 0 Å². The Bertz CT molecular complexity index is 869. The van der Waals surface area contributed by atoms with Crippen molar-refractivity contribution in [3.63, 3.8) is 0 Å². The molecular formula is C20H32N4O4S. The molecule has 9 heteroatoms. The van der Waals surface area contributed by atoms with Gasteiger partial charge in [-0.15, -0.1) is 0 Å². The third-order valence-corrected chi connectivity index (χ3v) is 9.51. The van der Waals surface area contributed by atoms with Gasteiger partial charge in [-0.1, -0.05) is 0 Å². The smallest absolute Gasteiger partial charge is 0.260 e. The Balaban J connectivity index is 1.21. The first-order valence-corrected chi connectivity index (χ1v) is 12.2. The van der Waals surface area contributed by atoms with E-state index in [1.807, 2.05) is 6.92 Å². The molecule has 5 heterocycles. The van der Waals surface area contributed by atoms with E-state index in [1.54, 1.807) is 17.4 Å². The zero-order valence-electron chi connectivity index (χ0n) is 17.5.